The van der Waals surface area contributed by atoms with Crippen molar-refractivity contribution >= 4 is 22.8 Å². The summed E-state index contributed by atoms with van der Waals surface area (Å²) in [5.41, 5.74) is 4.27. The van der Waals surface area contributed by atoms with Gasteiger partial charge >= 0.3 is 0 Å². The smallest absolute Gasteiger partial charge is 0.251 e. The molecule has 1 saturated carbocycles. The number of aromatic nitrogens is 1. The minimum Gasteiger partial charge on any atom is -0.493 e. The van der Waals surface area contributed by atoms with Crippen LogP contribution in [0.15, 0.2) is 59.1 Å². The number of fused-ring (bicyclic) bond motifs is 1. The second-order valence-corrected chi connectivity index (χ2v) is 10.2. The van der Waals surface area contributed by atoms with E-state index in [1.165, 1.54) is 0 Å². The summed E-state index contributed by atoms with van der Waals surface area (Å²) in [6, 6.07) is 14.9. The molecule has 0 radical (unpaired) electrons. The summed E-state index contributed by atoms with van der Waals surface area (Å²) < 4.78 is 22.8. The van der Waals surface area contributed by atoms with Crippen LogP contribution in [0.4, 0.5) is 0 Å². The highest BCUT2D eigenvalue weighted by atomic mass is 16.5. The molecule has 208 valence electrons. The number of nitrogens with zero attached hydrogens (tertiary/aromatic N) is 1. The Morgan fingerprint density at radius 1 is 0.950 bits per heavy atom. The zero-order chi connectivity index (χ0) is 28.2. The van der Waals surface area contributed by atoms with E-state index in [4.69, 9.17) is 18.6 Å². The van der Waals surface area contributed by atoms with Crippen LogP contribution in [0.2, 0.25) is 0 Å². The summed E-state index contributed by atoms with van der Waals surface area (Å²) in [6.07, 6.45) is 6.25. The molecule has 0 bridgehead atoms. The number of methoxy groups -OCH3 is 3. The van der Waals surface area contributed by atoms with Crippen LogP contribution in [0.1, 0.15) is 49.4 Å². The van der Waals surface area contributed by atoms with Gasteiger partial charge in [0.15, 0.2) is 17.1 Å². The topological polar surface area (TPSA) is 99.9 Å². The average molecular weight is 543 g/mol. The molecule has 1 aliphatic rings. The number of ether oxygens (including phenoxy) is 3. The highest BCUT2D eigenvalue weighted by Gasteiger charge is 2.28. The molecule has 1 amide bonds. The third-order valence-corrected chi connectivity index (χ3v) is 7.57. The summed E-state index contributed by atoms with van der Waals surface area (Å²) in [4.78, 5) is 29.6. The van der Waals surface area contributed by atoms with Crippen molar-refractivity contribution in [1.29, 1.82) is 0 Å². The number of hydrogen-bond donors (Lipinski definition) is 1. The third-order valence-electron chi connectivity index (χ3n) is 7.57. The van der Waals surface area contributed by atoms with Crippen LogP contribution in [0.5, 0.6) is 17.2 Å². The molecule has 1 fully saturated rings. The fourth-order valence-corrected chi connectivity index (χ4v) is 5.62. The van der Waals surface area contributed by atoms with Gasteiger partial charge in [-0.25, -0.2) is 0 Å². The Kier molecular flexibility index (Phi) is 8.05. The van der Waals surface area contributed by atoms with E-state index in [9.17, 15) is 9.59 Å². The molecule has 2 aromatic heterocycles. The maximum atomic E-state index is 13.3. The first-order chi connectivity index (χ1) is 19.4. The van der Waals surface area contributed by atoms with E-state index >= 15 is 0 Å². The van der Waals surface area contributed by atoms with E-state index in [2.05, 4.69) is 10.3 Å². The quantitative estimate of drug-likeness (QED) is 0.259. The summed E-state index contributed by atoms with van der Waals surface area (Å²) in [5.74, 6) is 2.36. The standard InChI is InChI=1S/C32H34N2O6/c1-19(35)14-21-8-5-6-11-25(21)34-32(36)22-10-7-9-20(15-22)24-12-13-33-26-18-27(40-30(24)26)23-16-28(37-2)31(39-4)29(17-23)38-3/h7,9-10,12-13,15-18,21,25H,5-6,8,11,14H2,1-4H3,(H,34,36)/t21-,25-/m1/s1. The number of ketones is 1. The Morgan fingerprint density at radius 2 is 1.70 bits per heavy atom. The van der Waals surface area contributed by atoms with Gasteiger partial charge < -0.3 is 28.7 Å². The first kappa shape index (κ1) is 27.2. The van der Waals surface area contributed by atoms with Gasteiger partial charge in [-0.1, -0.05) is 25.0 Å². The highest BCUT2D eigenvalue weighted by molar-refractivity contribution is 5.98. The van der Waals surface area contributed by atoms with Gasteiger partial charge in [0.05, 0.1) is 21.3 Å². The average Bonchev–Trinajstić information content (AvgIpc) is 3.42. The van der Waals surface area contributed by atoms with Crippen molar-refractivity contribution in [3.8, 4) is 39.7 Å². The molecule has 2 aromatic carbocycles. The monoisotopic (exact) mass is 542 g/mol. The maximum Gasteiger partial charge on any atom is 0.251 e. The molecule has 2 atom stereocenters. The lowest BCUT2D eigenvalue weighted by Gasteiger charge is -2.31. The van der Waals surface area contributed by atoms with E-state index in [0.29, 0.717) is 46.1 Å². The van der Waals surface area contributed by atoms with Crippen LogP contribution < -0.4 is 19.5 Å². The molecule has 4 aromatic rings. The third kappa shape index (κ3) is 5.52. The second kappa shape index (κ2) is 11.8. The van der Waals surface area contributed by atoms with E-state index in [-0.39, 0.29) is 23.7 Å². The van der Waals surface area contributed by atoms with Crippen molar-refractivity contribution in [3.05, 3.63) is 60.3 Å². The van der Waals surface area contributed by atoms with Gasteiger partial charge in [-0.15, -0.1) is 0 Å². The van der Waals surface area contributed by atoms with E-state index in [1.807, 2.05) is 48.5 Å². The molecule has 2 heterocycles. The maximum absolute atomic E-state index is 13.3. The molecule has 0 saturated heterocycles. The normalized spacial score (nSPS) is 16.9. The Morgan fingerprint density at radius 3 is 2.40 bits per heavy atom. The first-order valence-electron chi connectivity index (χ1n) is 13.5. The number of hydrogen-bond acceptors (Lipinski definition) is 7. The summed E-state index contributed by atoms with van der Waals surface area (Å²) in [7, 11) is 4.70. The van der Waals surface area contributed by atoms with Crippen LogP contribution in [-0.4, -0.2) is 44.0 Å². The van der Waals surface area contributed by atoms with Crippen molar-refractivity contribution in [2.75, 3.05) is 21.3 Å². The van der Waals surface area contributed by atoms with Crippen molar-refractivity contribution in [2.24, 2.45) is 5.92 Å². The zero-order valence-corrected chi connectivity index (χ0v) is 23.3. The number of furan rings is 1. The lowest BCUT2D eigenvalue weighted by atomic mass is 9.81. The Balaban J connectivity index is 1.46. The number of Topliss-reactive ketones (excluding diaryl/α,β-unsaturated/α-hetero) is 1. The number of benzene rings is 2. The number of nitrogens with one attached hydrogen (secondary N) is 1. The number of pyridine rings is 1. The fraction of sp³-hybridized carbons (Fsp3) is 0.344. The Hall–Kier alpha value is -4.33. The Labute approximate surface area is 233 Å². The van der Waals surface area contributed by atoms with Crippen molar-refractivity contribution in [1.82, 2.24) is 10.3 Å². The summed E-state index contributed by atoms with van der Waals surface area (Å²) in [6.45, 7) is 1.62. The summed E-state index contributed by atoms with van der Waals surface area (Å²) >= 11 is 0. The second-order valence-electron chi connectivity index (χ2n) is 10.2. The SMILES string of the molecule is COc1cc(-c2cc3nccc(-c4cccc(C(=O)N[C@@H]5CCCC[C@@H]5CC(C)=O)c4)c3o2)cc(OC)c1OC. The molecule has 8 heteroatoms. The van der Waals surface area contributed by atoms with Crippen LogP contribution in [-0.2, 0) is 4.79 Å². The van der Waals surface area contributed by atoms with Crippen LogP contribution in [0, 0.1) is 5.92 Å². The fourth-order valence-electron chi connectivity index (χ4n) is 5.62. The lowest BCUT2D eigenvalue weighted by Crippen LogP contribution is -2.42. The van der Waals surface area contributed by atoms with E-state index in [0.717, 1.165) is 42.4 Å². The molecular formula is C32H34N2O6. The molecule has 1 aliphatic carbocycles. The predicted octanol–water partition coefficient (Wildman–Crippen LogP) is 6.46. The van der Waals surface area contributed by atoms with Gasteiger partial charge in [-0.2, -0.15) is 0 Å². The molecule has 0 aliphatic heterocycles. The lowest BCUT2D eigenvalue weighted by molar-refractivity contribution is -0.118. The molecule has 8 nitrogen and oxygen atoms in total. The molecule has 40 heavy (non-hydrogen) atoms. The molecule has 0 spiro atoms. The van der Waals surface area contributed by atoms with Crippen molar-refractivity contribution < 1.29 is 28.2 Å². The zero-order valence-electron chi connectivity index (χ0n) is 23.3. The van der Waals surface area contributed by atoms with E-state index < -0.39 is 0 Å². The van der Waals surface area contributed by atoms with Gasteiger partial charge in [0.2, 0.25) is 5.75 Å². The van der Waals surface area contributed by atoms with Crippen molar-refractivity contribution in [3.63, 3.8) is 0 Å². The summed E-state index contributed by atoms with van der Waals surface area (Å²) in [5, 5.41) is 3.20. The van der Waals surface area contributed by atoms with E-state index in [1.54, 1.807) is 34.4 Å². The minimum atomic E-state index is -0.134. The number of carbonyl (C=O) groups excluding carboxylic acids is 2. The molecule has 5 rings (SSSR count). The van der Waals surface area contributed by atoms with Gasteiger partial charge in [-0.05, 0) is 61.6 Å². The van der Waals surface area contributed by atoms with Gasteiger partial charge in [-0.3, -0.25) is 9.78 Å². The Bertz CT molecular complexity index is 1520. The van der Waals surface area contributed by atoms with Crippen LogP contribution in [0.25, 0.3) is 33.6 Å². The van der Waals surface area contributed by atoms with Gasteiger partial charge in [0, 0.05) is 41.4 Å². The minimum absolute atomic E-state index is 0.00699. The van der Waals surface area contributed by atoms with Crippen LogP contribution >= 0.6 is 0 Å². The first-order valence-corrected chi connectivity index (χ1v) is 13.5. The highest BCUT2D eigenvalue weighted by Crippen LogP contribution is 2.43. The van der Waals surface area contributed by atoms with Crippen molar-refractivity contribution in [2.45, 2.75) is 45.1 Å². The molecule has 1 N–H and O–H groups in total. The predicted molar refractivity (Wildman–Crippen MR) is 153 cm³/mol. The molecular weight excluding hydrogens is 508 g/mol. The largest absolute Gasteiger partial charge is 0.493 e. The van der Waals surface area contributed by atoms with Crippen LogP contribution in [0.3, 0.4) is 0 Å². The van der Waals surface area contributed by atoms with Gasteiger partial charge in [0.25, 0.3) is 5.91 Å². The molecule has 0 unspecified atom stereocenters. The number of amides is 1. The number of rotatable bonds is 9. The number of carbonyl (C=O) groups is 2. The van der Waals surface area contributed by atoms with Gasteiger partial charge in [0.1, 0.15) is 17.1 Å².